The summed E-state index contributed by atoms with van der Waals surface area (Å²) >= 11 is 2.04. The molecule has 2 rings (SSSR count). The van der Waals surface area contributed by atoms with Crippen LogP contribution in [0.15, 0.2) is 12.4 Å². The van der Waals surface area contributed by atoms with Crippen molar-refractivity contribution in [1.82, 2.24) is 9.97 Å². The lowest BCUT2D eigenvalue weighted by atomic mass is 10.1. The van der Waals surface area contributed by atoms with Gasteiger partial charge < -0.3 is 10.6 Å². The van der Waals surface area contributed by atoms with Crippen molar-refractivity contribution in [2.75, 3.05) is 35.7 Å². The van der Waals surface area contributed by atoms with Gasteiger partial charge in [0.05, 0.1) is 12.4 Å². The maximum Gasteiger partial charge on any atom is 0.146 e. The molecule has 1 aliphatic rings. The molecule has 0 aliphatic carbocycles. The van der Waals surface area contributed by atoms with Gasteiger partial charge in [-0.15, -0.1) is 0 Å². The van der Waals surface area contributed by atoms with E-state index < -0.39 is 0 Å². The standard InChI is InChI=1S/C10H16N4S/c1-11-9-5-12-6-10(14-9)13-4-8-2-3-15-7-8/h5-6,8H,2-4,7H2,1H3,(H2,11,13,14). The Labute approximate surface area is 94.3 Å². The Hall–Kier alpha value is -0.970. The van der Waals surface area contributed by atoms with Gasteiger partial charge in [-0.05, 0) is 23.8 Å². The molecule has 2 heterocycles. The molecule has 0 spiro atoms. The molecule has 5 heteroatoms. The van der Waals surface area contributed by atoms with Gasteiger partial charge in [0.25, 0.3) is 0 Å². The van der Waals surface area contributed by atoms with Gasteiger partial charge in [0.15, 0.2) is 0 Å². The molecule has 0 saturated carbocycles. The Morgan fingerprint density at radius 1 is 1.47 bits per heavy atom. The fraction of sp³-hybridized carbons (Fsp3) is 0.600. The minimum atomic E-state index is 0.787. The van der Waals surface area contributed by atoms with Crippen LogP contribution in [0, 0.1) is 5.92 Å². The smallest absolute Gasteiger partial charge is 0.146 e. The van der Waals surface area contributed by atoms with Gasteiger partial charge in [0, 0.05) is 13.6 Å². The van der Waals surface area contributed by atoms with E-state index >= 15 is 0 Å². The molecule has 1 unspecified atom stereocenters. The van der Waals surface area contributed by atoms with Gasteiger partial charge in [0.1, 0.15) is 11.6 Å². The van der Waals surface area contributed by atoms with Crippen molar-refractivity contribution < 1.29 is 0 Å². The number of anilines is 2. The van der Waals surface area contributed by atoms with Crippen LogP contribution < -0.4 is 10.6 Å². The summed E-state index contributed by atoms with van der Waals surface area (Å²) in [6, 6.07) is 0. The average Bonchev–Trinajstić information content (AvgIpc) is 2.79. The summed E-state index contributed by atoms with van der Waals surface area (Å²) in [4.78, 5) is 8.47. The summed E-state index contributed by atoms with van der Waals surface area (Å²) in [5, 5.41) is 6.31. The number of thioether (sulfide) groups is 1. The summed E-state index contributed by atoms with van der Waals surface area (Å²) in [7, 11) is 1.85. The SMILES string of the molecule is CNc1cncc(NCC2CCSC2)n1. The van der Waals surface area contributed by atoms with Crippen molar-refractivity contribution in [3.8, 4) is 0 Å². The number of hydrogen-bond donors (Lipinski definition) is 2. The van der Waals surface area contributed by atoms with Gasteiger partial charge >= 0.3 is 0 Å². The van der Waals surface area contributed by atoms with E-state index in [4.69, 9.17) is 0 Å². The number of hydrogen-bond acceptors (Lipinski definition) is 5. The first-order chi connectivity index (χ1) is 7.38. The summed E-state index contributed by atoms with van der Waals surface area (Å²) in [5.41, 5.74) is 0. The van der Waals surface area contributed by atoms with Crippen LogP contribution in [0.4, 0.5) is 11.6 Å². The molecule has 1 atom stereocenters. The van der Waals surface area contributed by atoms with Gasteiger partial charge in [-0.2, -0.15) is 11.8 Å². The van der Waals surface area contributed by atoms with Crippen LogP contribution in [-0.4, -0.2) is 35.1 Å². The second kappa shape index (κ2) is 5.21. The number of rotatable bonds is 4. The predicted molar refractivity (Wildman–Crippen MR) is 65.5 cm³/mol. The highest BCUT2D eigenvalue weighted by atomic mass is 32.2. The van der Waals surface area contributed by atoms with Crippen molar-refractivity contribution in [1.29, 1.82) is 0 Å². The largest absolute Gasteiger partial charge is 0.372 e. The van der Waals surface area contributed by atoms with E-state index in [1.807, 2.05) is 18.8 Å². The molecule has 4 nitrogen and oxygen atoms in total. The van der Waals surface area contributed by atoms with Crippen LogP contribution >= 0.6 is 11.8 Å². The molecular formula is C10H16N4S. The monoisotopic (exact) mass is 224 g/mol. The van der Waals surface area contributed by atoms with Crippen LogP contribution in [0.5, 0.6) is 0 Å². The number of nitrogens with one attached hydrogen (secondary N) is 2. The second-order valence-corrected chi connectivity index (χ2v) is 4.80. The normalized spacial score (nSPS) is 20.2. The van der Waals surface area contributed by atoms with Crippen LogP contribution in [-0.2, 0) is 0 Å². The van der Waals surface area contributed by atoms with Crippen LogP contribution in [0.2, 0.25) is 0 Å². The highest BCUT2D eigenvalue weighted by Crippen LogP contribution is 2.23. The average molecular weight is 224 g/mol. The van der Waals surface area contributed by atoms with Crippen molar-refractivity contribution in [2.45, 2.75) is 6.42 Å². The Balaban J connectivity index is 1.86. The fourth-order valence-corrected chi connectivity index (χ4v) is 2.85. The van der Waals surface area contributed by atoms with E-state index in [0.717, 1.165) is 24.1 Å². The molecule has 82 valence electrons. The van der Waals surface area contributed by atoms with Gasteiger partial charge in [0.2, 0.25) is 0 Å². The van der Waals surface area contributed by atoms with Crippen LogP contribution in [0.3, 0.4) is 0 Å². The molecule has 1 aliphatic heterocycles. The molecule has 1 aromatic rings. The highest BCUT2D eigenvalue weighted by Gasteiger charge is 2.14. The van der Waals surface area contributed by atoms with Gasteiger partial charge in [-0.1, -0.05) is 0 Å². The summed E-state index contributed by atoms with van der Waals surface area (Å²) in [5.74, 6) is 5.02. The zero-order valence-electron chi connectivity index (χ0n) is 8.86. The highest BCUT2D eigenvalue weighted by molar-refractivity contribution is 7.99. The second-order valence-electron chi connectivity index (χ2n) is 3.65. The van der Waals surface area contributed by atoms with Gasteiger partial charge in [-0.25, -0.2) is 4.98 Å². The van der Waals surface area contributed by atoms with E-state index in [-0.39, 0.29) is 0 Å². The Kier molecular flexibility index (Phi) is 3.66. The van der Waals surface area contributed by atoms with E-state index in [0.29, 0.717) is 0 Å². The van der Waals surface area contributed by atoms with E-state index in [2.05, 4.69) is 20.6 Å². The fourth-order valence-electron chi connectivity index (χ4n) is 1.56. The Morgan fingerprint density at radius 3 is 3.07 bits per heavy atom. The predicted octanol–water partition coefficient (Wildman–Crippen LogP) is 1.68. The number of nitrogens with zero attached hydrogens (tertiary/aromatic N) is 2. The number of aromatic nitrogens is 2. The lowest BCUT2D eigenvalue weighted by Crippen LogP contribution is -2.14. The maximum absolute atomic E-state index is 4.36. The third-order valence-corrected chi connectivity index (χ3v) is 3.72. The quantitative estimate of drug-likeness (QED) is 0.815. The summed E-state index contributed by atoms with van der Waals surface area (Å²) < 4.78 is 0. The zero-order chi connectivity index (χ0) is 10.5. The molecule has 1 fully saturated rings. The molecular weight excluding hydrogens is 208 g/mol. The first-order valence-electron chi connectivity index (χ1n) is 5.20. The first kappa shape index (κ1) is 10.5. The van der Waals surface area contributed by atoms with Crippen LogP contribution in [0.1, 0.15) is 6.42 Å². The summed E-state index contributed by atoms with van der Waals surface area (Å²) in [6.45, 7) is 1.01. The molecule has 2 N–H and O–H groups in total. The first-order valence-corrected chi connectivity index (χ1v) is 6.35. The zero-order valence-corrected chi connectivity index (χ0v) is 9.68. The molecule has 1 saturated heterocycles. The molecule has 0 amide bonds. The topological polar surface area (TPSA) is 49.8 Å². The molecule has 15 heavy (non-hydrogen) atoms. The van der Waals surface area contributed by atoms with Crippen molar-refractivity contribution in [2.24, 2.45) is 5.92 Å². The van der Waals surface area contributed by atoms with Crippen molar-refractivity contribution in [3.05, 3.63) is 12.4 Å². The van der Waals surface area contributed by atoms with Crippen molar-refractivity contribution in [3.63, 3.8) is 0 Å². The minimum absolute atomic E-state index is 0.787. The molecule has 0 aromatic carbocycles. The summed E-state index contributed by atoms with van der Waals surface area (Å²) in [6.07, 6.45) is 4.80. The van der Waals surface area contributed by atoms with Crippen LogP contribution in [0.25, 0.3) is 0 Å². The molecule has 0 bridgehead atoms. The van der Waals surface area contributed by atoms with Gasteiger partial charge in [-0.3, -0.25) is 4.98 Å². The Bertz CT molecular complexity index is 312. The van der Waals surface area contributed by atoms with E-state index in [1.165, 1.54) is 17.9 Å². The lowest BCUT2D eigenvalue weighted by Gasteiger charge is -2.10. The van der Waals surface area contributed by atoms with E-state index in [1.54, 1.807) is 12.4 Å². The van der Waals surface area contributed by atoms with Crippen molar-refractivity contribution >= 4 is 23.4 Å². The third kappa shape index (κ3) is 2.99. The lowest BCUT2D eigenvalue weighted by molar-refractivity contribution is 0.630. The van der Waals surface area contributed by atoms with E-state index in [9.17, 15) is 0 Å². The minimum Gasteiger partial charge on any atom is -0.372 e. The molecule has 0 radical (unpaired) electrons. The molecule has 1 aromatic heterocycles. The maximum atomic E-state index is 4.36. The Morgan fingerprint density at radius 2 is 2.33 bits per heavy atom. The third-order valence-electron chi connectivity index (χ3n) is 2.49.